The van der Waals surface area contributed by atoms with Crippen LogP contribution in [0.1, 0.15) is 15.9 Å². The number of pyridine rings is 1. The minimum absolute atomic E-state index is 0.104. The van der Waals surface area contributed by atoms with Crippen LogP contribution in [0, 0.1) is 5.82 Å². The Morgan fingerprint density at radius 1 is 1.12 bits per heavy atom. The SMILES string of the molecule is O=C(NCc1cccnc1Oc1cccc(F)c1)c1cnn2c1[nH]c(=O)c1ccccc12. The molecule has 0 bridgehead atoms. The first-order valence-corrected chi connectivity index (χ1v) is 9.74. The van der Waals surface area contributed by atoms with Crippen molar-refractivity contribution >= 4 is 22.5 Å². The average molecular weight is 429 g/mol. The Hall–Kier alpha value is -4.53. The summed E-state index contributed by atoms with van der Waals surface area (Å²) in [6.45, 7) is 0.104. The largest absolute Gasteiger partial charge is 0.439 e. The topological polar surface area (TPSA) is 101 Å². The van der Waals surface area contributed by atoms with Crippen molar-refractivity contribution in [2.45, 2.75) is 6.54 Å². The van der Waals surface area contributed by atoms with E-state index in [2.05, 4.69) is 20.4 Å². The molecule has 32 heavy (non-hydrogen) atoms. The van der Waals surface area contributed by atoms with Crippen molar-refractivity contribution in [2.24, 2.45) is 0 Å². The second-order valence-electron chi connectivity index (χ2n) is 7.00. The number of fused-ring (bicyclic) bond motifs is 3. The van der Waals surface area contributed by atoms with Gasteiger partial charge >= 0.3 is 0 Å². The smallest absolute Gasteiger partial charge is 0.259 e. The number of ether oxygens (including phenoxy) is 1. The predicted octanol–water partition coefficient (Wildman–Crippen LogP) is 3.43. The fourth-order valence-corrected chi connectivity index (χ4v) is 3.41. The zero-order chi connectivity index (χ0) is 22.1. The summed E-state index contributed by atoms with van der Waals surface area (Å²) in [7, 11) is 0. The van der Waals surface area contributed by atoms with Crippen molar-refractivity contribution in [1.29, 1.82) is 0 Å². The Morgan fingerprint density at radius 3 is 2.88 bits per heavy atom. The highest BCUT2D eigenvalue weighted by molar-refractivity contribution is 6.00. The number of rotatable bonds is 5. The van der Waals surface area contributed by atoms with Crippen LogP contribution in [0.25, 0.3) is 16.6 Å². The molecule has 5 rings (SSSR count). The highest BCUT2D eigenvalue weighted by atomic mass is 19.1. The molecule has 0 fully saturated rings. The Labute approximate surface area is 180 Å². The molecule has 0 unspecified atom stereocenters. The minimum atomic E-state index is -0.428. The summed E-state index contributed by atoms with van der Waals surface area (Å²) >= 11 is 0. The quantitative estimate of drug-likeness (QED) is 0.446. The second kappa shape index (κ2) is 7.95. The van der Waals surface area contributed by atoms with Crippen LogP contribution in [0.4, 0.5) is 4.39 Å². The number of benzene rings is 2. The zero-order valence-corrected chi connectivity index (χ0v) is 16.6. The number of carbonyl (C=O) groups excluding carboxylic acids is 1. The third-order valence-electron chi connectivity index (χ3n) is 4.92. The van der Waals surface area contributed by atoms with Gasteiger partial charge in [0.15, 0.2) is 0 Å². The van der Waals surface area contributed by atoms with Crippen molar-refractivity contribution in [2.75, 3.05) is 0 Å². The number of carbonyl (C=O) groups is 1. The van der Waals surface area contributed by atoms with E-state index in [0.717, 1.165) is 0 Å². The number of aromatic amines is 1. The molecular formula is C23H16FN5O3. The molecule has 0 aliphatic rings. The van der Waals surface area contributed by atoms with Gasteiger partial charge in [-0.05, 0) is 30.3 Å². The number of para-hydroxylation sites is 1. The van der Waals surface area contributed by atoms with Crippen molar-refractivity contribution in [3.05, 3.63) is 100 Å². The summed E-state index contributed by atoms with van der Waals surface area (Å²) in [4.78, 5) is 32.2. The van der Waals surface area contributed by atoms with Gasteiger partial charge in [-0.3, -0.25) is 9.59 Å². The van der Waals surface area contributed by atoms with E-state index < -0.39 is 11.7 Å². The van der Waals surface area contributed by atoms with E-state index in [9.17, 15) is 14.0 Å². The number of nitrogens with one attached hydrogen (secondary N) is 2. The molecule has 0 radical (unpaired) electrons. The lowest BCUT2D eigenvalue weighted by Crippen LogP contribution is -2.23. The van der Waals surface area contributed by atoms with Crippen LogP contribution < -0.4 is 15.6 Å². The van der Waals surface area contributed by atoms with Gasteiger partial charge in [-0.2, -0.15) is 5.10 Å². The molecule has 0 aliphatic carbocycles. The lowest BCUT2D eigenvalue weighted by Gasteiger charge is -2.10. The Kier molecular flexibility index (Phi) is 4.83. The summed E-state index contributed by atoms with van der Waals surface area (Å²) in [6, 6.07) is 16.2. The summed E-state index contributed by atoms with van der Waals surface area (Å²) in [5, 5.41) is 7.53. The van der Waals surface area contributed by atoms with Gasteiger partial charge in [-0.15, -0.1) is 0 Å². The highest BCUT2D eigenvalue weighted by Crippen LogP contribution is 2.23. The van der Waals surface area contributed by atoms with Crippen LogP contribution in [-0.2, 0) is 6.54 Å². The predicted molar refractivity (Wildman–Crippen MR) is 115 cm³/mol. The maximum atomic E-state index is 13.4. The second-order valence-corrected chi connectivity index (χ2v) is 7.00. The number of halogens is 1. The van der Waals surface area contributed by atoms with Gasteiger partial charge in [-0.25, -0.2) is 13.9 Å². The molecule has 158 valence electrons. The van der Waals surface area contributed by atoms with Gasteiger partial charge in [-0.1, -0.05) is 24.3 Å². The molecule has 0 aliphatic heterocycles. The monoisotopic (exact) mass is 429 g/mol. The van der Waals surface area contributed by atoms with E-state index in [1.165, 1.54) is 28.9 Å². The maximum Gasteiger partial charge on any atom is 0.259 e. The van der Waals surface area contributed by atoms with E-state index in [0.29, 0.717) is 27.9 Å². The van der Waals surface area contributed by atoms with Gasteiger partial charge in [0.05, 0.1) is 17.1 Å². The maximum absolute atomic E-state index is 13.4. The lowest BCUT2D eigenvalue weighted by molar-refractivity contribution is 0.0952. The molecule has 0 saturated heterocycles. The van der Waals surface area contributed by atoms with E-state index in [1.54, 1.807) is 48.7 Å². The molecule has 1 amide bonds. The van der Waals surface area contributed by atoms with Gasteiger partial charge in [0.2, 0.25) is 5.88 Å². The average Bonchev–Trinajstić information content (AvgIpc) is 3.22. The third kappa shape index (κ3) is 3.56. The highest BCUT2D eigenvalue weighted by Gasteiger charge is 2.17. The van der Waals surface area contributed by atoms with E-state index in [1.807, 2.05) is 0 Å². The molecule has 8 nitrogen and oxygen atoms in total. The Bertz CT molecular complexity index is 1530. The molecule has 3 heterocycles. The Balaban J connectivity index is 1.40. The van der Waals surface area contributed by atoms with Gasteiger partial charge in [0, 0.05) is 24.4 Å². The van der Waals surface area contributed by atoms with Crippen LogP contribution in [0.2, 0.25) is 0 Å². The fraction of sp³-hybridized carbons (Fsp3) is 0.0435. The molecule has 9 heteroatoms. The molecule has 0 spiro atoms. The van der Waals surface area contributed by atoms with Crippen LogP contribution in [0.5, 0.6) is 11.6 Å². The number of aromatic nitrogens is 4. The normalized spacial score (nSPS) is 11.0. The molecule has 0 saturated carbocycles. The van der Waals surface area contributed by atoms with Gasteiger partial charge in [0.25, 0.3) is 11.5 Å². The molecular weight excluding hydrogens is 413 g/mol. The Morgan fingerprint density at radius 2 is 2.00 bits per heavy atom. The van der Waals surface area contributed by atoms with Crippen LogP contribution in [-0.4, -0.2) is 25.5 Å². The first kappa shape index (κ1) is 19.4. The molecule has 3 aromatic heterocycles. The van der Waals surface area contributed by atoms with Crippen LogP contribution >= 0.6 is 0 Å². The zero-order valence-electron chi connectivity index (χ0n) is 16.6. The van der Waals surface area contributed by atoms with Crippen LogP contribution in [0.3, 0.4) is 0 Å². The fourth-order valence-electron chi connectivity index (χ4n) is 3.41. The number of hydrogen-bond donors (Lipinski definition) is 2. The van der Waals surface area contributed by atoms with E-state index in [-0.39, 0.29) is 23.5 Å². The number of H-pyrrole nitrogens is 1. The van der Waals surface area contributed by atoms with Crippen molar-refractivity contribution in [1.82, 2.24) is 24.9 Å². The first-order valence-electron chi connectivity index (χ1n) is 9.74. The first-order chi connectivity index (χ1) is 15.6. The number of nitrogens with zero attached hydrogens (tertiary/aromatic N) is 3. The summed E-state index contributed by atoms with van der Waals surface area (Å²) < 4.78 is 20.6. The molecule has 5 aromatic rings. The molecule has 2 N–H and O–H groups in total. The number of hydrogen-bond acceptors (Lipinski definition) is 5. The van der Waals surface area contributed by atoms with Gasteiger partial charge < -0.3 is 15.0 Å². The van der Waals surface area contributed by atoms with E-state index in [4.69, 9.17) is 4.74 Å². The summed E-state index contributed by atoms with van der Waals surface area (Å²) in [5.41, 5.74) is 1.42. The third-order valence-corrected chi connectivity index (χ3v) is 4.92. The van der Waals surface area contributed by atoms with Crippen molar-refractivity contribution in [3.63, 3.8) is 0 Å². The number of amides is 1. The minimum Gasteiger partial charge on any atom is -0.439 e. The van der Waals surface area contributed by atoms with Crippen LogP contribution in [0.15, 0.2) is 77.9 Å². The van der Waals surface area contributed by atoms with E-state index >= 15 is 0 Å². The molecule has 2 aromatic carbocycles. The molecule has 0 atom stereocenters. The summed E-state index contributed by atoms with van der Waals surface area (Å²) in [5.74, 6) is -0.310. The summed E-state index contributed by atoms with van der Waals surface area (Å²) in [6.07, 6.45) is 2.95. The van der Waals surface area contributed by atoms with Gasteiger partial charge in [0.1, 0.15) is 22.8 Å². The van der Waals surface area contributed by atoms with Crippen molar-refractivity contribution in [3.8, 4) is 11.6 Å². The lowest BCUT2D eigenvalue weighted by atomic mass is 10.2. The van der Waals surface area contributed by atoms with Crippen molar-refractivity contribution < 1.29 is 13.9 Å². The standard InChI is InChI=1S/C23H16FN5O3/c24-15-6-3-7-16(11-15)32-23-14(5-4-10-25-23)12-26-21(30)18-13-27-29-19-9-2-1-8-17(19)22(31)28-20(18)29/h1-11,13H,12H2,(H,26,30)(H,28,31).